The van der Waals surface area contributed by atoms with Gasteiger partial charge in [-0.2, -0.15) is 0 Å². The second-order valence-corrected chi connectivity index (χ2v) is 8.36. The van der Waals surface area contributed by atoms with Gasteiger partial charge in [0, 0.05) is 11.6 Å². The SMILES string of the molecule is C=CC(=O)OCCCCOc1ccc(OC(=O)c2ccc(OCCCCOC(=O)C(=C)CC(=O)OC)cc2)cc1. The fourth-order valence-corrected chi connectivity index (χ4v) is 3.06. The Morgan fingerprint density at radius 3 is 1.77 bits per heavy atom. The van der Waals surface area contributed by atoms with Crippen molar-refractivity contribution in [1.82, 2.24) is 0 Å². The first kappa shape index (κ1) is 31.6. The van der Waals surface area contributed by atoms with Crippen LogP contribution in [0.4, 0.5) is 0 Å². The quantitative estimate of drug-likeness (QED) is 0.0848. The number of benzene rings is 2. The minimum Gasteiger partial charge on any atom is -0.494 e. The van der Waals surface area contributed by atoms with Gasteiger partial charge in [0.2, 0.25) is 0 Å². The van der Waals surface area contributed by atoms with Crippen LogP contribution in [0.5, 0.6) is 17.2 Å². The molecule has 2 aromatic carbocycles. The Hall–Kier alpha value is -4.60. The fourth-order valence-electron chi connectivity index (χ4n) is 3.06. The van der Waals surface area contributed by atoms with Crippen LogP contribution in [0.15, 0.2) is 73.3 Å². The molecule has 2 aromatic rings. The van der Waals surface area contributed by atoms with Crippen molar-refractivity contribution in [1.29, 1.82) is 0 Å². The number of rotatable bonds is 18. The largest absolute Gasteiger partial charge is 0.494 e. The molecule has 40 heavy (non-hydrogen) atoms. The monoisotopic (exact) mass is 554 g/mol. The third kappa shape index (κ3) is 12.3. The Labute approximate surface area is 233 Å². The van der Waals surface area contributed by atoms with Crippen LogP contribution in [0.2, 0.25) is 0 Å². The van der Waals surface area contributed by atoms with Gasteiger partial charge in [0.25, 0.3) is 0 Å². The van der Waals surface area contributed by atoms with Crippen molar-refractivity contribution in [3.8, 4) is 17.2 Å². The van der Waals surface area contributed by atoms with E-state index in [1.807, 2.05) is 0 Å². The molecule has 0 aliphatic rings. The summed E-state index contributed by atoms with van der Waals surface area (Å²) in [6.45, 7) is 8.19. The maximum Gasteiger partial charge on any atom is 0.343 e. The van der Waals surface area contributed by atoms with Gasteiger partial charge in [0.15, 0.2) is 0 Å². The van der Waals surface area contributed by atoms with Crippen molar-refractivity contribution in [2.75, 3.05) is 33.5 Å². The molecule has 10 heteroatoms. The van der Waals surface area contributed by atoms with E-state index in [1.165, 1.54) is 7.11 Å². The molecule has 0 radical (unpaired) electrons. The standard InChI is InChI=1S/C30H34O10/c1-4-27(31)38-19-7-5-17-37-25-13-15-26(16-14-25)40-30(34)23-9-11-24(12-10-23)36-18-6-8-20-39-29(33)22(2)21-28(32)35-3/h4,9-16H,1-2,5-8,17-21H2,3H3. The highest BCUT2D eigenvalue weighted by Crippen LogP contribution is 2.20. The third-order valence-corrected chi connectivity index (χ3v) is 5.26. The van der Waals surface area contributed by atoms with E-state index in [9.17, 15) is 19.2 Å². The van der Waals surface area contributed by atoms with Gasteiger partial charge in [-0.1, -0.05) is 13.2 Å². The molecule has 0 saturated carbocycles. The first-order valence-corrected chi connectivity index (χ1v) is 12.7. The van der Waals surface area contributed by atoms with Crippen LogP contribution >= 0.6 is 0 Å². The number of unbranched alkanes of at least 4 members (excludes halogenated alkanes) is 2. The summed E-state index contributed by atoms with van der Waals surface area (Å²) in [5.74, 6) is -0.538. The fraction of sp³-hybridized carbons (Fsp3) is 0.333. The zero-order chi connectivity index (χ0) is 29.2. The van der Waals surface area contributed by atoms with Gasteiger partial charge in [-0.05, 0) is 74.2 Å². The Bertz CT molecular complexity index is 1140. The molecule has 0 unspecified atom stereocenters. The maximum absolute atomic E-state index is 12.5. The lowest BCUT2D eigenvalue weighted by atomic mass is 10.2. The second kappa shape index (κ2) is 17.8. The molecule has 0 aromatic heterocycles. The van der Waals surface area contributed by atoms with Crippen LogP contribution < -0.4 is 14.2 Å². The first-order chi connectivity index (χ1) is 19.3. The Morgan fingerprint density at radius 1 is 0.725 bits per heavy atom. The summed E-state index contributed by atoms with van der Waals surface area (Å²) in [7, 11) is 1.23. The molecule has 0 amide bonds. The molecule has 0 aliphatic heterocycles. The van der Waals surface area contributed by atoms with Crippen molar-refractivity contribution >= 4 is 23.9 Å². The Kier molecular flexibility index (Phi) is 14.1. The second-order valence-electron chi connectivity index (χ2n) is 8.36. The third-order valence-electron chi connectivity index (χ3n) is 5.26. The van der Waals surface area contributed by atoms with E-state index in [0.717, 1.165) is 6.08 Å². The molecular weight excluding hydrogens is 520 g/mol. The Balaban J connectivity index is 1.63. The van der Waals surface area contributed by atoms with Gasteiger partial charge in [-0.15, -0.1) is 0 Å². The van der Waals surface area contributed by atoms with Gasteiger partial charge in [-0.25, -0.2) is 14.4 Å². The molecule has 0 N–H and O–H groups in total. The van der Waals surface area contributed by atoms with Crippen LogP contribution in [0.3, 0.4) is 0 Å². The number of hydrogen-bond donors (Lipinski definition) is 0. The molecular formula is C30H34O10. The van der Waals surface area contributed by atoms with Crippen LogP contribution in [0.25, 0.3) is 0 Å². The van der Waals surface area contributed by atoms with Crippen LogP contribution in [-0.4, -0.2) is 57.4 Å². The van der Waals surface area contributed by atoms with Crippen LogP contribution in [0, 0.1) is 0 Å². The van der Waals surface area contributed by atoms with E-state index in [4.69, 9.17) is 23.7 Å². The lowest BCUT2D eigenvalue weighted by Gasteiger charge is -2.09. The van der Waals surface area contributed by atoms with Gasteiger partial charge >= 0.3 is 23.9 Å². The minimum atomic E-state index is -0.629. The van der Waals surface area contributed by atoms with Gasteiger partial charge in [-0.3, -0.25) is 4.79 Å². The molecule has 0 heterocycles. The summed E-state index contributed by atoms with van der Waals surface area (Å²) in [6, 6.07) is 13.2. The van der Waals surface area contributed by atoms with Gasteiger partial charge in [0.1, 0.15) is 17.2 Å². The number of ether oxygens (including phenoxy) is 6. The maximum atomic E-state index is 12.5. The smallest absolute Gasteiger partial charge is 0.343 e. The molecule has 0 bridgehead atoms. The molecule has 2 rings (SSSR count). The van der Waals surface area contributed by atoms with Crippen molar-refractivity contribution in [2.24, 2.45) is 0 Å². The molecule has 0 spiro atoms. The summed E-state index contributed by atoms with van der Waals surface area (Å²) in [6.07, 6.45) is 3.51. The first-order valence-electron chi connectivity index (χ1n) is 12.7. The lowest BCUT2D eigenvalue weighted by molar-refractivity contribution is -0.144. The van der Waals surface area contributed by atoms with E-state index in [1.54, 1.807) is 48.5 Å². The van der Waals surface area contributed by atoms with Crippen LogP contribution in [0.1, 0.15) is 42.5 Å². The molecule has 0 saturated heterocycles. The van der Waals surface area contributed by atoms with Crippen molar-refractivity contribution < 1.29 is 47.6 Å². The zero-order valence-corrected chi connectivity index (χ0v) is 22.6. The summed E-state index contributed by atoms with van der Waals surface area (Å²) in [5, 5.41) is 0. The average molecular weight is 555 g/mol. The van der Waals surface area contributed by atoms with Gasteiger partial charge in [0.05, 0.1) is 45.5 Å². The van der Waals surface area contributed by atoms with Crippen molar-refractivity contribution in [2.45, 2.75) is 32.1 Å². The van der Waals surface area contributed by atoms with E-state index in [0.29, 0.717) is 68.3 Å². The zero-order valence-electron chi connectivity index (χ0n) is 22.6. The van der Waals surface area contributed by atoms with E-state index in [-0.39, 0.29) is 18.6 Å². The number of hydrogen-bond acceptors (Lipinski definition) is 10. The van der Waals surface area contributed by atoms with Crippen LogP contribution in [-0.2, 0) is 28.6 Å². The average Bonchev–Trinajstić information content (AvgIpc) is 2.97. The van der Waals surface area contributed by atoms with E-state index < -0.39 is 23.9 Å². The summed E-state index contributed by atoms with van der Waals surface area (Å²) in [4.78, 5) is 46.3. The van der Waals surface area contributed by atoms with E-state index in [2.05, 4.69) is 17.9 Å². The van der Waals surface area contributed by atoms with Gasteiger partial charge < -0.3 is 28.4 Å². The minimum absolute atomic E-state index is 0.0433. The predicted molar refractivity (Wildman–Crippen MR) is 145 cm³/mol. The highest BCUT2D eigenvalue weighted by molar-refractivity contribution is 5.93. The molecule has 10 nitrogen and oxygen atoms in total. The number of methoxy groups -OCH3 is 1. The van der Waals surface area contributed by atoms with Crippen molar-refractivity contribution in [3.05, 3.63) is 78.9 Å². The molecule has 0 atom stereocenters. The topological polar surface area (TPSA) is 124 Å². The molecule has 214 valence electrons. The highest BCUT2D eigenvalue weighted by Gasteiger charge is 2.13. The van der Waals surface area contributed by atoms with E-state index >= 15 is 0 Å². The lowest BCUT2D eigenvalue weighted by Crippen LogP contribution is -2.13. The normalized spacial score (nSPS) is 10.1. The number of esters is 4. The predicted octanol–water partition coefficient (Wildman–Crippen LogP) is 4.62. The Morgan fingerprint density at radius 2 is 1.23 bits per heavy atom. The summed E-state index contributed by atoms with van der Waals surface area (Å²) >= 11 is 0. The number of carbonyl (C=O) groups is 4. The number of carbonyl (C=O) groups excluding carboxylic acids is 4. The highest BCUT2D eigenvalue weighted by atomic mass is 16.5. The van der Waals surface area contributed by atoms with Crippen molar-refractivity contribution in [3.63, 3.8) is 0 Å². The molecule has 0 fully saturated rings. The summed E-state index contributed by atoms with van der Waals surface area (Å²) < 4.78 is 31.1. The molecule has 0 aliphatic carbocycles. The summed E-state index contributed by atoms with van der Waals surface area (Å²) in [5.41, 5.74) is 0.408.